The first-order chi connectivity index (χ1) is 15.6. The lowest BCUT2D eigenvalue weighted by Crippen LogP contribution is -2.20. The molecular weight excluding hydrogens is 472 g/mol. The van der Waals surface area contributed by atoms with Crippen molar-refractivity contribution in [3.8, 4) is 11.5 Å². The molecule has 0 unspecified atom stereocenters. The Morgan fingerprint density at radius 3 is 2.39 bits per heavy atom. The maximum atomic E-state index is 14.4. The van der Waals surface area contributed by atoms with Crippen molar-refractivity contribution in [3.63, 3.8) is 0 Å². The van der Waals surface area contributed by atoms with Crippen LogP contribution in [-0.4, -0.2) is 22.1 Å². The number of carbonyl (C=O) groups is 2. The van der Waals surface area contributed by atoms with E-state index in [1.807, 2.05) is 0 Å². The standard InChI is InChI=1S/C20H13ClF4N4O4/c21-14-3-1-10(7-13(14)20(23,24)25)27-19(31)28-16-4-2-11(8-15(16)22)33-12-5-6-26-17(9-12)18(30)29-32/h1-9,32H,(H,29,30)(H2,27,28,31). The highest BCUT2D eigenvalue weighted by Gasteiger charge is 2.33. The number of hydrogen-bond acceptors (Lipinski definition) is 5. The largest absolute Gasteiger partial charge is 0.457 e. The molecule has 0 radical (unpaired) electrons. The summed E-state index contributed by atoms with van der Waals surface area (Å²) in [5.41, 5.74) is -0.355. The first-order valence-electron chi connectivity index (χ1n) is 8.89. The number of urea groups is 1. The Morgan fingerprint density at radius 1 is 1.00 bits per heavy atom. The fourth-order valence-electron chi connectivity index (χ4n) is 2.56. The fourth-order valence-corrected chi connectivity index (χ4v) is 2.78. The Bertz CT molecular complexity index is 1210. The quantitative estimate of drug-likeness (QED) is 0.218. The Hall–Kier alpha value is -3.90. The van der Waals surface area contributed by atoms with Crippen LogP contribution in [0, 0.1) is 5.82 Å². The van der Waals surface area contributed by atoms with Crippen molar-refractivity contribution in [2.75, 3.05) is 10.6 Å². The average molecular weight is 485 g/mol. The molecular formula is C20H13ClF4N4O4. The summed E-state index contributed by atoms with van der Waals surface area (Å²) in [4.78, 5) is 27.2. The monoisotopic (exact) mass is 484 g/mol. The van der Waals surface area contributed by atoms with E-state index in [0.717, 1.165) is 24.3 Å². The third-order valence-corrected chi connectivity index (χ3v) is 4.35. The van der Waals surface area contributed by atoms with Crippen molar-refractivity contribution in [1.82, 2.24) is 10.5 Å². The SMILES string of the molecule is O=C(Nc1ccc(Cl)c(C(F)(F)F)c1)Nc1ccc(Oc2ccnc(C(=O)NO)c2)cc1F. The van der Waals surface area contributed by atoms with E-state index in [1.165, 1.54) is 29.9 Å². The lowest BCUT2D eigenvalue weighted by Gasteiger charge is -2.13. The van der Waals surface area contributed by atoms with Crippen molar-refractivity contribution < 1.29 is 37.1 Å². The van der Waals surface area contributed by atoms with Gasteiger partial charge < -0.3 is 15.4 Å². The fraction of sp³-hybridized carbons (Fsp3) is 0.0500. The molecule has 3 aromatic rings. The van der Waals surface area contributed by atoms with Crippen molar-refractivity contribution >= 4 is 34.9 Å². The van der Waals surface area contributed by atoms with E-state index in [2.05, 4.69) is 15.6 Å². The maximum Gasteiger partial charge on any atom is 0.417 e. The molecule has 4 N–H and O–H groups in total. The molecule has 0 aliphatic heterocycles. The average Bonchev–Trinajstić information content (AvgIpc) is 2.76. The van der Waals surface area contributed by atoms with E-state index < -0.39 is 34.5 Å². The molecule has 0 saturated carbocycles. The van der Waals surface area contributed by atoms with Crippen molar-refractivity contribution in [2.45, 2.75) is 6.18 Å². The number of hydrogen-bond donors (Lipinski definition) is 4. The number of ether oxygens (including phenoxy) is 1. The molecule has 0 atom stereocenters. The van der Waals surface area contributed by atoms with Gasteiger partial charge in [0, 0.05) is 24.0 Å². The predicted octanol–water partition coefficient (Wildman–Crippen LogP) is 5.45. The van der Waals surface area contributed by atoms with Crippen molar-refractivity contribution in [2.24, 2.45) is 0 Å². The minimum atomic E-state index is -4.72. The Kier molecular flexibility index (Phi) is 6.99. The molecule has 0 saturated heterocycles. The van der Waals surface area contributed by atoms with Gasteiger partial charge in [0.2, 0.25) is 0 Å². The molecule has 3 amide bonds. The summed E-state index contributed by atoms with van der Waals surface area (Å²) < 4.78 is 58.6. The van der Waals surface area contributed by atoms with E-state index in [0.29, 0.717) is 6.07 Å². The molecule has 8 nitrogen and oxygen atoms in total. The molecule has 0 bridgehead atoms. The summed E-state index contributed by atoms with van der Waals surface area (Å²) in [6.45, 7) is 0. The van der Waals surface area contributed by atoms with Crippen molar-refractivity contribution in [3.05, 3.63) is 76.8 Å². The van der Waals surface area contributed by atoms with Crippen LogP contribution < -0.4 is 20.9 Å². The van der Waals surface area contributed by atoms with Gasteiger partial charge in [0.25, 0.3) is 5.91 Å². The first kappa shape index (κ1) is 23.8. The lowest BCUT2D eigenvalue weighted by atomic mass is 10.2. The van der Waals surface area contributed by atoms with Crippen LogP contribution in [0.1, 0.15) is 16.1 Å². The second-order valence-corrected chi connectivity index (χ2v) is 6.74. The van der Waals surface area contributed by atoms with E-state index in [-0.39, 0.29) is 28.6 Å². The van der Waals surface area contributed by atoms with Crippen LogP contribution in [0.5, 0.6) is 11.5 Å². The van der Waals surface area contributed by atoms with Crippen LogP contribution >= 0.6 is 11.6 Å². The van der Waals surface area contributed by atoms with Gasteiger partial charge >= 0.3 is 12.2 Å². The van der Waals surface area contributed by atoms with Gasteiger partial charge in [-0.15, -0.1) is 0 Å². The van der Waals surface area contributed by atoms with E-state index >= 15 is 0 Å². The van der Waals surface area contributed by atoms with Gasteiger partial charge in [-0.1, -0.05) is 11.6 Å². The van der Waals surface area contributed by atoms with Gasteiger partial charge in [0.05, 0.1) is 16.3 Å². The number of nitrogens with zero attached hydrogens (tertiary/aromatic N) is 1. The molecule has 172 valence electrons. The van der Waals surface area contributed by atoms with E-state index in [4.69, 9.17) is 21.5 Å². The third-order valence-electron chi connectivity index (χ3n) is 4.02. The van der Waals surface area contributed by atoms with Gasteiger partial charge in [-0.3, -0.25) is 15.0 Å². The lowest BCUT2D eigenvalue weighted by molar-refractivity contribution is -0.137. The summed E-state index contributed by atoms with van der Waals surface area (Å²) in [5, 5.41) is 12.4. The molecule has 0 spiro atoms. The number of alkyl halides is 3. The summed E-state index contributed by atoms with van der Waals surface area (Å²) in [6.07, 6.45) is -3.48. The van der Waals surface area contributed by atoms with Crippen LogP contribution in [0.3, 0.4) is 0 Å². The number of hydroxylamine groups is 1. The van der Waals surface area contributed by atoms with Crippen LogP contribution in [-0.2, 0) is 6.18 Å². The van der Waals surface area contributed by atoms with Crippen molar-refractivity contribution in [1.29, 1.82) is 0 Å². The summed E-state index contributed by atoms with van der Waals surface area (Å²) >= 11 is 5.53. The normalized spacial score (nSPS) is 11.0. The van der Waals surface area contributed by atoms with Gasteiger partial charge in [0.15, 0.2) is 0 Å². The number of carbonyl (C=O) groups excluding carboxylic acids is 2. The number of nitrogens with one attached hydrogen (secondary N) is 3. The summed E-state index contributed by atoms with van der Waals surface area (Å²) in [7, 11) is 0. The topological polar surface area (TPSA) is 113 Å². The van der Waals surface area contributed by atoms with E-state index in [9.17, 15) is 27.2 Å². The minimum absolute atomic E-state index is 0.00698. The van der Waals surface area contributed by atoms with Gasteiger partial charge in [-0.05, 0) is 36.4 Å². The van der Waals surface area contributed by atoms with Crippen LogP contribution in [0.15, 0.2) is 54.7 Å². The zero-order valence-electron chi connectivity index (χ0n) is 16.2. The van der Waals surface area contributed by atoms with Gasteiger partial charge in [-0.2, -0.15) is 13.2 Å². The van der Waals surface area contributed by atoms with E-state index in [1.54, 1.807) is 0 Å². The number of pyridine rings is 1. The first-order valence-corrected chi connectivity index (χ1v) is 9.27. The molecule has 0 aliphatic rings. The molecule has 13 heteroatoms. The van der Waals surface area contributed by atoms with Crippen LogP contribution in [0.25, 0.3) is 0 Å². The Morgan fingerprint density at radius 2 is 1.73 bits per heavy atom. The number of anilines is 2. The number of amides is 3. The highest BCUT2D eigenvalue weighted by Crippen LogP contribution is 2.36. The third kappa shape index (κ3) is 6.08. The van der Waals surface area contributed by atoms with Gasteiger partial charge in [0.1, 0.15) is 23.0 Å². The summed E-state index contributed by atoms with van der Waals surface area (Å²) in [5.74, 6) is -1.66. The number of rotatable bonds is 5. The highest BCUT2D eigenvalue weighted by atomic mass is 35.5. The Labute approximate surface area is 188 Å². The minimum Gasteiger partial charge on any atom is -0.457 e. The molecule has 2 aromatic carbocycles. The smallest absolute Gasteiger partial charge is 0.417 e. The molecule has 1 heterocycles. The second kappa shape index (κ2) is 9.71. The predicted molar refractivity (Wildman–Crippen MR) is 109 cm³/mol. The molecule has 0 aliphatic carbocycles. The number of benzene rings is 2. The highest BCUT2D eigenvalue weighted by molar-refractivity contribution is 6.31. The zero-order chi connectivity index (χ0) is 24.2. The zero-order valence-corrected chi connectivity index (χ0v) is 17.0. The number of halogens is 5. The molecule has 1 aromatic heterocycles. The molecule has 33 heavy (non-hydrogen) atoms. The van der Waals surface area contributed by atoms with Crippen LogP contribution in [0.4, 0.5) is 33.7 Å². The number of aromatic nitrogens is 1. The summed E-state index contributed by atoms with van der Waals surface area (Å²) in [6, 6.07) is 7.77. The molecule has 0 fully saturated rings. The molecule has 3 rings (SSSR count). The van der Waals surface area contributed by atoms with Crippen LogP contribution in [0.2, 0.25) is 5.02 Å². The maximum absolute atomic E-state index is 14.4. The second-order valence-electron chi connectivity index (χ2n) is 6.33. The van der Waals surface area contributed by atoms with Gasteiger partial charge in [-0.25, -0.2) is 14.7 Å². The Balaban J connectivity index is 1.68.